The number of nitrogens with zero attached hydrogens (tertiary/aromatic N) is 5. The first-order chi connectivity index (χ1) is 11.2. The Morgan fingerprint density at radius 3 is 2.33 bits per heavy atom. The molecule has 0 aromatic carbocycles. The van der Waals surface area contributed by atoms with Gasteiger partial charge in [0.1, 0.15) is 0 Å². The third-order valence-electron chi connectivity index (χ3n) is 4.28. The molecule has 3 heterocycles. The molecule has 0 amide bonds. The number of aromatic nitrogens is 4. The summed E-state index contributed by atoms with van der Waals surface area (Å²) >= 11 is 0. The van der Waals surface area contributed by atoms with Gasteiger partial charge in [0.05, 0.1) is 12.2 Å². The number of anilines is 1. The second-order valence-corrected chi connectivity index (χ2v) is 7.71. The van der Waals surface area contributed by atoms with Gasteiger partial charge in [0.25, 0.3) is 5.56 Å². The number of aryl methyl sites for hydroxylation is 2. The van der Waals surface area contributed by atoms with Gasteiger partial charge in [0, 0.05) is 41.9 Å². The molecule has 0 saturated carbocycles. The van der Waals surface area contributed by atoms with Crippen LogP contribution in [0.15, 0.2) is 23.0 Å². The molecule has 6 nitrogen and oxygen atoms in total. The van der Waals surface area contributed by atoms with Gasteiger partial charge in [-0.05, 0) is 26.0 Å². The SMILES string of the molecule is Cc1cc(C)nc(N2CC(Cn3nc(C(C)(C)C)ccc3=O)C2)n1. The van der Waals surface area contributed by atoms with E-state index >= 15 is 0 Å². The summed E-state index contributed by atoms with van der Waals surface area (Å²) in [4.78, 5) is 23.2. The lowest BCUT2D eigenvalue weighted by Crippen LogP contribution is -2.50. The van der Waals surface area contributed by atoms with Crippen LogP contribution in [0.2, 0.25) is 0 Å². The molecule has 1 aliphatic heterocycles. The van der Waals surface area contributed by atoms with Crippen molar-refractivity contribution in [2.45, 2.75) is 46.6 Å². The molecule has 0 spiro atoms. The Morgan fingerprint density at radius 2 is 1.75 bits per heavy atom. The van der Waals surface area contributed by atoms with Gasteiger partial charge >= 0.3 is 0 Å². The fourth-order valence-electron chi connectivity index (χ4n) is 2.92. The van der Waals surface area contributed by atoms with E-state index in [9.17, 15) is 4.79 Å². The van der Waals surface area contributed by atoms with Gasteiger partial charge in [-0.3, -0.25) is 4.79 Å². The van der Waals surface area contributed by atoms with Crippen molar-refractivity contribution >= 4 is 5.95 Å². The monoisotopic (exact) mass is 327 g/mol. The normalized spacial score (nSPS) is 15.5. The third kappa shape index (κ3) is 3.47. The van der Waals surface area contributed by atoms with Gasteiger partial charge in [-0.1, -0.05) is 20.8 Å². The highest BCUT2D eigenvalue weighted by molar-refractivity contribution is 5.35. The van der Waals surface area contributed by atoms with Crippen molar-refractivity contribution in [2.75, 3.05) is 18.0 Å². The number of hydrogen-bond donors (Lipinski definition) is 0. The molecular formula is C18H25N5O. The van der Waals surface area contributed by atoms with Crippen LogP contribution in [0, 0.1) is 19.8 Å². The molecule has 0 aliphatic carbocycles. The number of hydrogen-bond acceptors (Lipinski definition) is 5. The van der Waals surface area contributed by atoms with Crippen molar-refractivity contribution in [2.24, 2.45) is 5.92 Å². The lowest BCUT2D eigenvalue weighted by atomic mass is 9.92. The van der Waals surface area contributed by atoms with E-state index < -0.39 is 0 Å². The molecule has 1 fully saturated rings. The van der Waals surface area contributed by atoms with Crippen LogP contribution in [0.4, 0.5) is 5.95 Å². The lowest BCUT2D eigenvalue weighted by molar-refractivity contribution is 0.325. The largest absolute Gasteiger partial charge is 0.340 e. The van der Waals surface area contributed by atoms with Gasteiger partial charge in [-0.25, -0.2) is 14.6 Å². The standard InChI is InChI=1S/C18H25N5O/c1-12-8-13(2)20-17(19-12)22-9-14(10-22)11-23-16(24)7-6-15(21-23)18(3,4)5/h6-8,14H,9-11H2,1-5H3. The van der Waals surface area contributed by atoms with Crippen LogP contribution in [0.1, 0.15) is 37.9 Å². The maximum absolute atomic E-state index is 12.1. The molecule has 0 atom stereocenters. The molecule has 1 saturated heterocycles. The Kier molecular flexibility index (Phi) is 4.15. The molecule has 6 heteroatoms. The van der Waals surface area contributed by atoms with Gasteiger partial charge in [-0.2, -0.15) is 5.10 Å². The van der Waals surface area contributed by atoms with Crippen LogP contribution in [-0.4, -0.2) is 32.8 Å². The second-order valence-electron chi connectivity index (χ2n) is 7.71. The summed E-state index contributed by atoms with van der Waals surface area (Å²) in [6.45, 7) is 12.6. The predicted octanol–water partition coefficient (Wildman–Crippen LogP) is 2.08. The van der Waals surface area contributed by atoms with Gasteiger partial charge in [0.15, 0.2) is 0 Å². The lowest BCUT2D eigenvalue weighted by Gasteiger charge is -2.39. The topological polar surface area (TPSA) is 63.9 Å². The molecule has 2 aromatic rings. The molecule has 24 heavy (non-hydrogen) atoms. The Morgan fingerprint density at radius 1 is 1.12 bits per heavy atom. The quantitative estimate of drug-likeness (QED) is 0.864. The zero-order chi connectivity index (χ0) is 17.5. The van der Waals surface area contributed by atoms with E-state index in [2.05, 4.69) is 40.7 Å². The van der Waals surface area contributed by atoms with Crippen molar-refractivity contribution in [1.29, 1.82) is 0 Å². The van der Waals surface area contributed by atoms with Gasteiger partial charge in [0.2, 0.25) is 5.95 Å². The molecule has 0 bridgehead atoms. The second kappa shape index (κ2) is 6.00. The Hall–Kier alpha value is -2.24. The predicted molar refractivity (Wildman–Crippen MR) is 94.4 cm³/mol. The van der Waals surface area contributed by atoms with E-state index in [4.69, 9.17) is 0 Å². The van der Waals surface area contributed by atoms with Crippen LogP contribution in [0.5, 0.6) is 0 Å². The van der Waals surface area contributed by atoms with Crippen molar-refractivity contribution < 1.29 is 0 Å². The molecule has 1 aliphatic rings. The van der Waals surface area contributed by atoms with Crippen LogP contribution in [0.25, 0.3) is 0 Å². The molecule has 0 radical (unpaired) electrons. The van der Waals surface area contributed by atoms with Crippen molar-refractivity contribution in [1.82, 2.24) is 19.7 Å². The zero-order valence-electron chi connectivity index (χ0n) is 15.1. The van der Waals surface area contributed by atoms with E-state index in [1.165, 1.54) is 0 Å². The maximum atomic E-state index is 12.1. The molecule has 3 rings (SSSR count). The average Bonchev–Trinajstić information content (AvgIpc) is 2.41. The highest BCUT2D eigenvalue weighted by Gasteiger charge is 2.30. The Bertz CT molecular complexity index is 780. The Labute approximate surface area is 142 Å². The van der Waals surface area contributed by atoms with Gasteiger partial charge in [-0.15, -0.1) is 0 Å². The molecule has 0 N–H and O–H groups in total. The summed E-state index contributed by atoms with van der Waals surface area (Å²) in [5, 5.41) is 4.55. The third-order valence-corrected chi connectivity index (χ3v) is 4.28. The average molecular weight is 327 g/mol. The van der Waals surface area contributed by atoms with Crippen molar-refractivity contribution in [3.05, 3.63) is 45.6 Å². The van der Waals surface area contributed by atoms with Crippen LogP contribution in [0.3, 0.4) is 0 Å². The smallest absolute Gasteiger partial charge is 0.266 e. The van der Waals surface area contributed by atoms with E-state index in [1.807, 2.05) is 26.0 Å². The summed E-state index contributed by atoms with van der Waals surface area (Å²) in [7, 11) is 0. The minimum Gasteiger partial charge on any atom is -0.340 e. The summed E-state index contributed by atoms with van der Waals surface area (Å²) < 4.78 is 1.60. The van der Waals surface area contributed by atoms with Crippen LogP contribution < -0.4 is 10.5 Å². The highest BCUT2D eigenvalue weighted by Crippen LogP contribution is 2.23. The van der Waals surface area contributed by atoms with Crippen LogP contribution >= 0.6 is 0 Å². The minimum absolute atomic E-state index is 0.0379. The van der Waals surface area contributed by atoms with E-state index in [0.29, 0.717) is 12.5 Å². The van der Waals surface area contributed by atoms with E-state index in [0.717, 1.165) is 36.1 Å². The summed E-state index contributed by atoms with van der Waals surface area (Å²) in [6, 6.07) is 5.43. The maximum Gasteiger partial charge on any atom is 0.266 e. The fourth-order valence-corrected chi connectivity index (χ4v) is 2.92. The first kappa shape index (κ1) is 16.6. The van der Waals surface area contributed by atoms with E-state index in [-0.39, 0.29) is 11.0 Å². The summed E-state index contributed by atoms with van der Waals surface area (Å²) in [5.41, 5.74) is 2.81. The van der Waals surface area contributed by atoms with Crippen LogP contribution in [-0.2, 0) is 12.0 Å². The molecular weight excluding hydrogens is 302 g/mol. The summed E-state index contributed by atoms with van der Waals surface area (Å²) in [5.74, 6) is 1.18. The van der Waals surface area contributed by atoms with E-state index in [1.54, 1.807) is 10.7 Å². The Balaban J connectivity index is 1.68. The van der Waals surface area contributed by atoms with Crippen molar-refractivity contribution in [3.8, 4) is 0 Å². The molecule has 128 valence electrons. The fraction of sp³-hybridized carbons (Fsp3) is 0.556. The van der Waals surface area contributed by atoms with Gasteiger partial charge < -0.3 is 4.90 Å². The first-order valence-electron chi connectivity index (χ1n) is 8.38. The van der Waals surface area contributed by atoms with Crippen molar-refractivity contribution in [3.63, 3.8) is 0 Å². The molecule has 2 aromatic heterocycles. The zero-order valence-corrected chi connectivity index (χ0v) is 15.1. The summed E-state index contributed by atoms with van der Waals surface area (Å²) in [6.07, 6.45) is 0. The highest BCUT2D eigenvalue weighted by atomic mass is 16.1. The first-order valence-corrected chi connectivity index (χ1v) is 8.38. The molecule has 0 unspecified atom stereocenters. The number of rotatable bonds is 3. The minimum atomic E-state index is -0.0615.